The highest BCUT2D eigenvalue weighted by atomic mass is 19.4. The molecule has 1 atom stereocenters. The lowest BCUT2D eigenvalue weighted by Crippen LogP contribution is -2.54. The number of piperidine rings is 1. The molecule has 4 nitrogen and oxygen atoms in total. The van der Waals surface area contributed by atoms with Crippen molar-refractivity contribution in [1.82, 2.24) is 4.90 Å². The number of rotatable bonds is 2. The molecule has 0 aliphatic carbocycles. The zero-order chi connectivity index (χ0) is 16.5. The quantitative estimate of drug-likeness (QED) is 0.851. The molecule has 124 valence electrons. The minimum absolute atomic E-state index is 0.114. The molecule has 1 saturated heterocycles. The van der Waals surface area contributed by atoms with E-state index in [2.05, 4.69) is 0 Å². The first-order chi connectivity index (χ1) is 9.40. The first kappa shape index (κ1) is 18.1. The predicted molar refractivity (Wildman–Crippen MR) is 71.8 cm³/mol. The number of alkyl halides is 3. The van der Waals surface area contributed by atoms with E-state index < -0.39 is 29.4 Å². The molecule has 0 radical (unpaired) electrons. The molecule has 1 amide bonds. The van der Waals surface area contributed by atoms with Crippen molar-refractivity contribution in [2.24, 2.45) is 5.92 Å². The summed E-state index contributed by atoms with van der Waals surface area (Å²) < 4.78 is 44.2. The van der Waals surface area contributed by atoms with Gasteiger partial charge in [-0.25, -0.2) is 4.79 Å². The molecule has 0 aromatic heterocycles. The Balaban J connectivity index is 2.65. The van der Waals surface area contributed by atoms with Crippen molar-refractivity contribution in [3.63, 3.8) is 0 Å². The molecule has 21 heavy (non-hydrogen) atoms. The lowest BCUT2D eigenvalue weighted by Gasteiger charge is -2.42. The highest BCUT2D eigenvalue weighted by Crippen LogP contribution is 2.43. The van der Waals surface area contributed by atoms with E-state index in [0.29, 0.717) is 0 Å². The summed E-state index contributed by atoms with van der Waals surface area (Å²) >= 11 is 0. The largest absolute Gasteiger partial charge is 0.444 e. The van der Waals surface area contributed by atoms with Gasteiger partial charge >= 0.3 is 12.3 Å². The minimum Gasteiger partial charge on any atom is -0.444 e. The zero-order valence-electron chi connectivity index (χ0n) is 13.0. The van der Waals surface area contributed by atoms with Crippen molar-refractivity contribution in [1.29, 1.82) is 0 Å². The first-order valence-corrected chi connectivity index (χ1v) is 7.17. The van der Waals surface area contributed by atoms with E-state index >= 15 is 0 Å². The van der Waals surface area contributed by atoms with Crippen LogP contribution in [0.25, 0.3) is 0 Å². The molecule has 1 N–H and O–H groups in total. The molecule has 1 rings (SSSR count). The second-order valence-electron chi connectivity index (χ2n) is 6.52. The molecule has 1 aliphatic heterocycles. The van der Waals surface area contributed by atoms with Crippen molar-refractivity contribution in [3.05, 3.63) is 0 Å². The van der Waals surface area contributed by atoms with E-state index in [1.165, 1.54) is 11.8 Å². The summed E-state index contributed by atoms with van der Waals surface area (Å²) in [5.41, 5.74) is -3.31. The van der Waals surface area contributed by atoms with E-state index in [1.807, 2.05) is 0 Å². The molecular weight excluding hydrogens is 287 g/mol. The number of halogens is 3. The Morgan fingerprint density at radius 3 is 2.05 bits per heavy atom. The smallest absolute Gasteiger partial charge is 0.417 e. The van der Waals surface area contributed by atoms with Crippen LogP contribution in [0.2, 0.25) is 0 Å². The van der Waals surface area contributed by atoms with Crippen LogP contribution >= 0.6 is 0 Å². The number of carbonyl (C=O) groups excluding carboxylic acids is 1. The Morgan fingerprint density at radius 1 is 1.24 bits per heavy atom. The summed E-state index contributed by atoms with van der Waals surface area (Å²) in [5, 5.41) is 9.93. The number of amides is 1. The van der Waals surface area contributed by atoms with Crippen LogP contribution in [0.3, 0.4) is 0 Å². The van der Waals surface area contributed by atoms with Crippen LogP contribution in [0.1, 0.15) is 47.0 Å². The van der Waals surface area contributed by atoms with E-state index in [0.717, 1.165) is 0 Å². The Bertz CT molecular complexity index is 371. The lowest BCUT2D eigenvalue weighted by atomic mass is 9.78. The molecule has 1 fully saturated rings. The van der Waals surface area contributed by atoms with Crippen LogP contribution in [-0.4, -0.2) is 46.6 Å². The predicted octanol–water partition coefficient (Wildman–Crippen LogP) is 3.34. The Labute approximate surface area is 123 Å². The Kier molecular flexibility index (Phi) is 5.18. The fraction of sp³-hybridized carbons (Fsp3) is 0.929. The minimum atomic E-state index is -4.65. The molecular formula is C14H24F3NO3. The first-order valence-electron chi connectivity index (χ1n) is 7.17. The molecule has 7 heteroatoms. The zero-order valence-corrected chi connectivity index (χ0v) is 13.0. The van der Waals surface area contributed by atoms with Crippen molar-refractivity contribution in [2.45, 2.75) is 64.3 Å². The van der Waals surface area contributed by atoms with Gasteiger partial charge in [0.15, 0.2) is 5.60 Å². The molecule has 0 bridgehead atoms. The molecule has 1 heterocycles. The summed E-state index contributed by atoms with van der Waals surface area (Å²) in [6, 6.07) is 0. The van der Waals surface area contributed by atoms with Gasteiger partial charge in [0.1, 0.15) is 5.60 Å². The second kappa shape index (κ2) is 6.02. The van der Waals surface area contributed by atoms with Crippen LogP contribution in [0.5, 0.6) is 0 Å². The third kappa shape index (κ3) is 4.25. The van der Waals surface area contributed by atoms with Gasteiger partial charge in [-0.05, 0) is 46.0 Å². The number of hydrogen-bond acceptors (Lipinski definition) is 3. The van der Waals surface area contributed by atoms with E-state index in [-0.39, 0.29) is 32.4 Å². The number of likely N-dealkylation sites (tertiary alicyclic amines) is 1. The number of carbonyl (C=O) groups is 1. The summed E-state index contributed by atoms with van der Waals surface area (Å²) in [7, 11) is 0. The maximum atomic E-state index is 13.0. The van der Waals surface area contributed by atoms with Crippen molar-refractivity contribution in [2.75, 3.05) is 13.1 Å². The highest BCUT2D eigenvalue weighted by molar-refractivity contribution is 5.68. The van der Waals surface area contributed by atoms with Crippen LogP contribution in [0, 0.1) is 5.92 Å². The van der Waals surface area contributed by atoms with Gasteiger partial charge in [-0.2, -0.15) is 13.2 Å². The average molecular weight is 311 g/mol. The molecule has 0 saturated carbocycles. The highest BCUT2D eigenvalue weighted by Gasteiger charge is 2.57. The van der Waals surface area contributed by atoms with Gasteiger partial charge in [0, 0.05) is 13.1 Å². The van der Waals surface area contributed by atoms with Gasteiger partial charge in [-0.1, -0.05) is 6.92 Å². The van der Waals surface area contributed by atoms with Crippen LogP contribution in [0.15, 0.2) is 0 Å². The van der Waals surface area contributed by atoms with Crippen molar-refractivity contribution >= 4 is 6.09 Å². The number of aliphatic hydroxyl groups is 1. The summed E-state index contributed by atoms with van der Waals surface area (Å²) in [5.74, 6) is -0.888. The van der Waals surface area contributed by atoms with Gasteiger partial charge in [0.25, 0.3) is 0 Å². The topological polar surface area (TPSA) is 49.8 Å². The van der Waals surface area contributed by atoms with Crippen molar-refractivity contribution < 1.29 is 27.8 Å². The fourth-order valence-corrected chi connectivity index (χ4v) is 2.59. The second-order valence-corrected chi connectivity index (χ2v) is 6.52. The number of nitrogens with zero attached hydrogens (tertiary/aromatic N) is 1. The molecule has 0 aromatic carbocycles. The third-order valence-electron chi connectivity index (χ3n) is 3.85. The van der Waals surface area contributed by atoms with Gasteiger partial charge < -0.3 is 14.7 Å². The van der Waals surface area contributed by atoms with E-state index in [9.17, 15) is 23.1 Å². The van der Waals surface area contributed by atoms with E-state index in [1.54, 1.807) is 20.8 Å². The maximum Gasteiger partial charge on any atom is 0.417 e. The summed E-state index contributed by atoms with van der Waals surface area (Å²) in [4.78, 5) is 13.3. The number of hydrogen-bond donors (Lipinski definition) is 1. The van der Waals surface area contributed by atoms with E-state index in [4.69, 9.17) is 4.74 Å². The lowest BCUT2D eigenvalue weighted by molar-refractivity contribution is -0.284. The van der Waals surface area contributed by atoms with Gasteiger partial charge in [-0.15, -0.1) is 0 Å². The monoisotopic (exact) mass is 311 g/mol. The van der Waals surface area contributed by atoms with Crippen LogP contribution < -0.4 is 0 Å². The van der Waals surface area contributed by atoms with Crippen LogP contribution in [-0.2, 0) is 4.74 Å². The fourth-order valence-electron chi connectivity index (χ4n) is 2.59. The molecule has 1 aliphatic rings. The molecule has 0 spiro atoms. The van der Waals surface area contributed by atoms with Crippen LogP contribution in [0.4, 0.5) is 18.0 Å². The third-order valence-corrected chi connectivity index (χ3v) is 3.85. The van der Waals surface area contributed by atoms with Crippen molar-refractivity contribution in [3.8, 4) is 0 Å². The maximum absolute atomic E-state index is 13.0. The molecule has 1 unspecified atom stereocenters. The number of ether oxygens (including phenoxy) is 1. The Hall–Kier alpha value is -0.980. The summed E-state index contributed by atoms with van der Waals surface area (Å²) in [6.07, 6.45) is -5.33. The average Bonchev–Trinajstić information content (AvgIpc) is 2.34. The van der Waals surface area contributed by atoms with Gasteiger partial charge in [0.2, 0.25) is 0 Å². The Morgan fingerprint density at radius 2 is 1.71 bits per heavy atom. The summed E-state index contributed by atoms with van der Waals surface area (Å²) in [6.45, 7) is 6.86. The molecule has 0 aromatic rings. The normalized spacial score (nSPS) is 21.0. The van der Waals surface area contributed by atoms with Gasteiger partial charge in [-0.3, -0.25) is 0 Å². The SMILES string of the molecule is CCC(O)(C1CCN(C(=O)OC(C)(C)C)CC1)C(F)(F)F. The van der Waals surface area contributed by atoms with Gasteiger partial charge in [0.05, 0.1) is 0 Å². The standard InChI is InChI=1S/C14H24F3NO3/c1-5-13(20,14(15,16)17)10-6-8-18(9-7-10)11(19)21-12(2,3)4/h10,20H,5-9H2,1-4H3.